The summed E-state index contributed by atoms with van der Waals surface area (Å²) in [6.45, 7) is 6.00. The second kappa shape index (κ2) is 8.62. The van der Waals surface area contributed by atoms with Crippen LogP contribution in [0.2, 0.25) is 0 Å². The highest BCUT2D eigenvalue weighted by molar-refractivity contribution is 7.10. The highest BCUT2D eigenvalue weighted by Gasteiger charge is 2.21. The van der Waals surface area contributed by atoms with Gasteiger partial charge >= 0.3 is 0 Å². The van der Waals surface area contributed by atoms with Gasteiger partial charge in [0.05, 0.1) is 5.69 Å². The molecule has 3 rings (SSSR count). The monoisotopic (exact) mass is 397 g/mol. The third-order valence-electron chi connectivity index (χ3n) is 3.88. The molecule has 7 nitrogen and oxygen atoms in total. The molecule has 8 heteroatoms. The molecule has 1 N–H and O–H groups in total. The minimum Gasteiger partial charge on any atom is -0.422 e. The lowest BCUT2D eigenvalue weighted by Crippen LogP contribution is -2.13. The van der Waals surface area contributed by atoms with E-state index in [2.05, 4.69) is 34.7 Å². The number of anilines is 1. The smallest absolute Gasteiger partial charge is 0.298 e. The molecular weight excluding hydrogens is 378 g/mol. The summed E-state index contributed by atoms with van der Waals surface area (Å²) in [5.74, 6) is 0.118. The normalized spacial score (nSPS) is 11.1. The Balaban J connectivity index is 1.73. The quantitative estimate of drug-likeness (QED) is 0.589. The maximum atomic E-state index is 12.4. The zero-order valence-corrected chi connectivity index (χ0v) is 16.4. The molecule has 0 fully saturated rings. The van der Waals surface area contributed by atoms with Crippen molar-refractivity contribution in [2.75, 3.05) is 5.32 Å². The van der Waals surface area contributed by atoms with E-state index in [4.69, 9.17) is 9.26 Å². The lowest BCUT2D eigenvalue weighted by Gasteiger charge is -2.05. The van der Waals surface area contributed by atoms with Crippen LogP contribution in [0.5, 0.6) is 5.75 Å². The number of ether oxygens (including phenoxy) is 1. The lowest BCUT2D eigenvalue weighted by atomic mass is 10.1. The average molecular weight is 397 g/mol. The average Bonchev–Trinajstić information content (AvgIpc) is 3.28. The number of hydrogen-bond donors (Lipinski definition) is 1. The van der Waals surface area contributed by atoms with Crippen molar-refractivity contribution in [1.82, 2.24) is 10.1 Å². The van der Waals surface area contributed by atoms with Crippen LogP contribution in [0.4, 0.5) is 5.69 Å². The van der Waals surface area contributed by atoms with Gasteiger partial charge in [-0.15, -0.1) is 11.3 Å². The molecule has 1 aromatic carbocycles. The number of amides is 1. The molecule has 144 valence electrons. The van der Waals surface area contributed by atoms with Gasteiger partial charge in [0.25, 0.3) is 12.4 Å². The number of rotatable bonds is 7. The molecule has 0 saturated carbocycles. The molecule has 0 saturated heterocycles. The maximum absolute atomic E-state index is 12.4. The molecule has 3 aromatic rings. The van der Waals surface area contributed by atoms with Crippen LogP contribution in [0.15, 0.2) is 34.2 Å². The van der Waals surface area contributed by atoms with Crippen LogP contribution >= 0.6 is 11.3 Å². The largest absolute Gasteiger partial charge is 0.422 e. The van der Waals surface area contributed by atoms with Crippen molar-refractivity contribution in [3.63, 3.8) is 0 Å². The van der Waals surface area contributed by atoms with Crippen molar-refractivity contribution in [3.8, 4) is 5.75 Å². The maximum Gasteiger partial charge on any atom is 0.298 e. The molecular formula is C20H19N3O4S. The molecule has 0 aliphatic rings. The molecule has 2 aromatic heterocycles. The minimum atomic E-state index is -0.531. The molecule has 0 aliphatic carbocycles. The van der Waals surface area contributed by atoms with Gasteiger partial charge in [-0.1, -0.05) is 37.2 Å². The highest BCUT2D eigenvalue weighted by Crippen LogP contribution is 2.24. The van der Waals surface area contributed by atoms with Gasteiger partial charge in [-0.05, 0) is 29.7 Å². The Morgan fingerprint density at radius 3 is 2.86 bits per heavy atom. The molecule has 1 amide bonds. The van der Waals surface area contributed by atoms with Crippen molar-refractivity contribution in [2.45, 2.75) is 26.7 Å². The third-order valence-corrected chi connectivity index (χ3v) is 4.71. The van der Waals surface area contributed by atoms with Crippen LogP contribution in [0.3, 0.4) is 0 Å². The number of aryl methyl sites for hydroxylation is 1. The van der Waals surface area contributed by atoms with E-state index in [1.165, 1.54) is 0 Å². The predicted octanol–water partition coefficient (Wildman–Crippen LogP) is 4.52. The zero-order chi connectivity index (χ0) is 20.1. The number of carbonyl (C=O) groups excluding carboxylic acids is 2. The van der Waals surface area contributed by atoms with Gasteiger partial charge in [0.2, 0.25) is 11.4 Å². The molecule has 0 unspecified atom stereocenters. The Morgan fingerprint density at radius 1 is 1.32 bits per heavy atom. The Labute approximate surface area is 166 Å². The van der Waals surface area contributed by atoms with Gasteiger partial charge in [-0.2, -0.15) is 0 Å². The van der Waals surface area contributed by atoms with Crippen molar-refractivity contribution in [3.05, 3.63) is 57.4 Å². The van der Waals surface area contributed by atoms with Crippen molar-refractivity contribution < 1.29 is 18.8 Å². The number of benzene rings is 1. The number of hydrogen-bond acceptors (Lipinski definition) is 7. The van der Waals surface area contributed by atoms with Crippen LogP contribution in [0.1, 0.15) is 52.3 Å². The van der Waals surface area contributed by atoms with E-state index in [0.717, 1.165) is 16.3 Å². The summed E-state index contributed by atoms with van der Waals surface area (Å²) in [4.78, 5) is 27.6. The first-order valence-corrected chi connectivity index (χ1v) is 9.47. The Hall–Kier alpha value is -3.26. The zero-order valence-electron chi connectivity index (χ0n) is 15.6. The fourth-order valence-electron chi connectivity index (χ4n) is 2.42. The van der Waals surface area contributed by atoms with Crippen LogP contribution < -0.4 is 10.1 Å². The van der Waals surface area contributed by atoms with E-state index < -0.39 is 5.91 Å². The first kappa shape index (κ1) is 19.5. The molecule has 0 spiro atoms. The van der Waals surface area contributed by atoms with Crippen LogP contribution in [-0.4, -0.2) is 22.5 Å². The summed E-state index contributed by atoms with van der Waals surface area (Å²) in [5, 5.41) is 9.36. The van der Waals surface area contributed by atoms with Crippen LogP contribution in [0, 0.1) is 6.92 Å². The van der Waals surface area contributed by atoms with Crippen LogP contribution in [0.25, 0.3) is 12.2 Å². The first-order valence-electron chi connectivity index (χ1n) is 8.59. The molecule has 28 heavy (non-hydrogen) atoms. The van der Waals surface area contributed by atoms with Gasteiger partial charge in [-0.3, -0.25) is 9.59 Å². The summed E-state index contributed by atoms with van der Waals surface area (Å²) in [6, 6.07) is 7.32. The van der Waals surface area contributed by atoms with Crippen LogP contribution in [-0.2, 0) is 4.79 Å². The van der Waals surface area contributed by atoms with E-state index in [1.54, 1.807) is 24.3 Å². The minimum absolute atomic E-state index is 0.00766. The summed E-state index contributed by atoms with van der Waals surface area (Å²) in [5.41, 5.74) is 2.46. The van der Waals surface area contributed by atoms with E-state index in [1.807, 2.05) is 30.4 Å². The van der Waals surface area contributed by atoms with E-state index in [9.17, 15) is 9.59 Å². The predicted molar refractivity (Wildman–Crippen MR) is 107 cm³/mol. The van der Waals surface area contributed by atoms with Crippen molar-refractivity contribution >= 4 is 41.6 Å². The number of thiazole rings is 1. The molecule has 0 atom stereocenters. The molecule has 2 heterocycles. The lowest BCUT2D eigenvalue weighted by molar-refractivity contribution is -0.120. The fourth-order valence-corrected chi connectivity index (χ4v) is 3.29. The van der Waals surface area contributed by atoms with Gasteiger partial charge in [0.15, 0.2) is 5.76 Å². The Morgan fingerprint density at radius 2 is 2.14 bits per heavy atom. The Bertz CT molecular complexity index is 1020. The second-order valence-electron chi connectivity index (χ2n) is 6.31. The first-order chi connectivity index (χ1) is 13.5. The SMILES string of the molecule is Cc1onc(C(=O)Nc2cccc(/C=C/c3nc(C(C)C)cs3)c2)c1OC=O. The Kier molecular flexibility index (Phi) is 6.00. The summed E-state index contributed by atoms with van der Waals surface area (Å²) in [7, 11) is 0. The van der Waals surface area contributed by atoms with Gasteiger partial charge in [0, 0.05) is 18.0 Å². The van der Waals surface area contributed by atoms with E-state index >= 15 is 0 Å². The summed E-state index contributed by atoms with van der Waals surface area (Å²) in [6.07, 6.45) is 3.87. The highest BCUT2D eigenvalue weighted by atomic mass is 32.1. The van der Waals surface area contributed by atoms with E-state index in [0.29, 0.717) is 11.6 Å². The van der Waals surface area contributed by atoms with Gasteiger partial charge in [-0.25, -0.2) is 4.98 Å². The van der Waals surface area contributed by atoms with Crippen molar-refractivity contribution in [1.29, 1.82) is 0 Å². The number of carbonyl (C=O) groups is 2. The topological polar surface area (TPSA) is 94.3 Å². The molecule has 0 bridgehead atoms. The van der Waals surface area contributed by atoms with E-state index in [-0.39, 0.29) is 23.7 Å². The summed E-state index contributed by atoms with van der Waals surface area (Å²) >= 11 is 1.59. The molecule has 0 aliphatic heterocycles. The van der Waals surface area contributed by atoms with Gasteiger partial charge in [0.1, 0.15) is 5.01 Å². The fraction of sp³-hybridized carbons (Fsp3) is 0.200. The third kappa shape index (κ3) is 4.52. The van der Waals surface area contributed by atoms with Gasteiger partial charge < -0.3 is 14.6 Å². The number of nitrogens with zero attached hydrogens (tertiary/aromatic N) is 2. The summed E-state index contributed by atoms with van der Waals surface area (Å²) < 4.78 is 9.71. The second-order valence-corrected chi connectivity index (χ2v) is 7.20. The van der Waals surface area contributed by atoms with Crippen molar-refractivity contribution in [2.24, 2.45) is 0 Å². The standard InChI is InChI=1S/C20H19N3O4S/c1-12(2)16-10-28-17(22-16)8-7-14-5-4-6-15(9-14)21-20(25)18-19(26-11-24)13(3)27-23-18/h4-12H,1-3H3,(H,21,25)/b8-7+. The number of nitrogens with one attached hydrogen (secondary N) is 1. The number of aromatic nitrogens is 2. The molecule has 0 radical (unpaired) electrons.